The lowest BCUT2D eigenvalue weighted by Crippen LogP contribution is -2.35. The summed E-state index contributed by atoms with van der Waals surface area (Å²) in [4.78, 5) is 25.8. The molecule has 0 atom stereocenters. The fourth-order valence-corrected chi connectivity index (χ4v) is 2.75. The molecular formula is C15H19BrN2O3. The van der Waals surface area contributed by atoms with Crippen molar-refractivity contribution in [2.24, 2.45) is 0 Å². The zero-order chi connectivity index (χ0) is 15.2. The number of carbonyl (C=O) groups is 2. The predicted octanol–water partition coefficient (Wildman–Crippen LogP) is 2.59. The number of halogens is 1. The highest BCUT2D eigenvalue weighted by molar-refractivity contribution is 9.10. The second-order valence-electron chi connectivity index (χ2n) is 5.08. The van der Waals surface area contributed by atoms with E-state index in [2.05, 4.69) is 15.9 Å². The molecule has 1 heterocycles. The quantitative estimate of drug-likeness (QED) is 0.668. The normalized spacial score (nSPS) is 15.4. The monoisotopic (exact) mass is 354 g/mol. The molecule has 1 aliphatic heterocycles. The Morgan fingerprint density at radius 1 is 1.19 bits per heavy atom. The fourth-order valence-electron chi connectivity index (χ4n) is 2.32. The third kappa shape index (κ3) is 4.20. The van der Waals surface area contributed by atoms with Gasteiger partial charge in [-0.05, 0) is 40.9 Å². The minimum Gasteiger partial charge on any atom is -0.452 e. The highest BCUT2D eigenvalue weighted by Crippen LogP contribution is 2.24. The number of hydrogen-bond donors (Lipinski definition) is 1. The number of nitrogens with two attached hydrogens (primary N) is 1. The molecule has 0 spiro atoms. The second kappa shape index (κ2) is 7.45. The van der Waals surface area contributed by atoms with Crippen molar-refractivity contribution in [1.82, 2.24) is 4.90 Å². The van der Waals surface area contributed by atoms with Gasteiger partial charge in [-0.1, -0.05) is 18.9 Å². The van der Waals surface area contributed by atoms with E-state index in [0.29, 0.717) is 15.7 Å². The number of likely N-dealkylation sites (tertiary alicyclic amines) is 1. The molecule has 1 fully saturated rings. The van der Waals surface area contributed by atoms with E-state index in [4.69, 9.17) is 10.5 Å². The third-order valence-electron chi connectivity index (χ3n) is 3.53. The number of nitrogen functional groups attached to an aromatic ring is 1. The first-order valence-corrected chi connectivity index (χ1v) is 7.88. The van der Waals surface area contributed by atoms with Gasteiger partial charge in [0.25, 0.3) is 5.91 Å². The van der Waals surface area contributed by atoms with E-state index in [1.165, 1.54) is 0 Å². The van der Waals surface area contributed by atoms with Crippen LogP contribution in [0.3, 0.4) is 0 Å². The van der Waals surface area contributed by atoms with Gasteiger partial charge in [-0.2, -0.15) is 0 Å². The van der Waals surface area contributed by atoms with Crippen LogP contribution >= 0.6 is 15.9 Å². The van der Waals surface area contributed by atoms with E-state index in [1.807, 2.05) is 0 Å². The van der Waals surface area contributed by atoms with Crippen molar-refractivity contribution in [2.75, 3.05) is 25.4 Å². The van der Waals surface area contributed by atoms with Crippen LogP contribution in [-0.4, -0.2) is 36.5 Å². The van der Waals surface area contributed by atoms with Crippen LogP contribution in [0.1, 0.15) is 36.0 Å². The van der Waals surface area contributed by atoms with Crippen molar-refractivity contribution in [2.45, 2.75) is 25.7 Å². The lowest BCUT2D eigenvalue weighted by Gasteiger charge is -2.20. The van der Waals surface area contributed by atoms with Crippen LogP contribution in [0.2, 0.25) is 0 Å². The minimum atomic E-state index is -0.544. The van der Waals surface area contributed by atoms with Gasteiger partial charge in [0.1, 0.15) is 0 Å². The van der Waals surface area contributed by atoms with E-state index in [0.717, 1.165) is 38.8 Å². The first kappa shape index (κ1) is 15.8. The summed E-state index contributed by atoms with van der Waals surface area (Å²) in [5.74, 6) is -0.678. The molecule has 2 N–H and O–H groups in total. The average Bonchev–Trinajstić information content (AvgIpc) is 2.76. The molecule has 0 aromatic heterocycles. The standard InChI is InChI=1S/C15H19BrN2O3/c16-14-11(6-5-7-12(14)17)15(20)21-10-13(19)18-8-3-1-2-4-9-18/h5-7H,1-4,8-10,17H2. The van der Waals surface area contributed by atoms with Crippen LogP contribution in [0.25, 0.3) is 0 Å². The van der Waals surface area contributed by atoms with Crippen LogP contribution in [0.4, 0.5) is 5.69 Å². The smallest absolute Gasteiger partial charge is 0.339 e. The molecule has 1 aliphatic rings. The highest BCUT2D eigenvalue weighted by atomic mass is 79.9. The fraction of sp³-hybridized carbons (Fsp3) is 0.467. The average molecular weight is 355 g/mol. The Labute approximate surface area is 132 Å². The summed E-state index contributed by atoms with van der Waals surface area (Å²) in [5, 5.41) is 0. The Kier molecular flexibility index (Phi) is 5.61. The number of rotatable bonds is 3. The maximum Gasteiger partial charge on any atom is 0.339 e. The molecule has 2 rings (SSSR count). The first-order valence-electron chi connectivity index (χ1n) is 7.08. The van der Waals surface area contributed by atoms with Gasteiger partial charge in [0.05, 0.1) is 10.0 Å². The number of carbonyl (C=O) groups excluding carboxylic acids is 2. The summed E-state index contributed by atoms with van der Waals surface area (Å²) in [6, 6.07) is 4.97. The van der Waals surface area contributed by atoms with Crippen LogP contribution < -0.4 is 5.73 Å². The largest absolute Gasteiger partial charge is 0.452 e. The Bertz CT molecular complexity index is 526. The molecule has 0 bridgehead atoms. The predicted molar refractivity (Wildman–Crippen MR) is 83.9 cm³/mol. The molecule has 114 valence electrons. The van der Waals surface area contributed by atoms with E-state index < -0.39 is 5.97 Å². The van der Waals surface area contributed by atoms with Gasteiger partial charge in [-0.3, -0.25) is 4.79 Å². The lowest BCUT2D eigenvalue weighted by molar-refractivity contribution is -0.134. The van der Waals surface area contributed by atoms with Crippen molar-refractivity contribution in [3.63, 3.8) is 0 Å². The molecule has 1 aromatic rings. The van der Waals surface area contributed by atoms with E-state index >= 15 is 0 Å². The van der Waals surface area contributed by atoms with Crippen LogP contribution in [0, 0.1) is 0 Å². The molecule has 1 saturated heterocycles. The summed E-state index contributed by atoms with van der Waals surface area (Å²) < 4.78 is 5.60. The Morgan fingerprint density at radius 2 is 1.86 bits per heavy atom. The van der Waals surface area contributed by atoms with Crippen molar-refractivity contribution in [1.29, 1.82) is 0 Å². The van der Waals surface area contributed by atoms with Gasteiger partial charge in [0.15, 0.2) is 6.61 Å². The summed E-state index contributed by atoms with van der Waals surface area (Å²) in [7, 11) is 0. The Balaban J connectivity index is 1.91. The van der Waals surface area contributed by atoms with Crippen molar-refractivity contribution in [3.05, 3.63) is 28.2 Å². The Hall–Kier alpha value is -1.56. The number of nitrogens with zero attached hydrogens (tertiary/aromatic N) is 1. The molecule has 0 saturated carbocycles. The van der Waals surface area contributed by atoms with Gasteiger partial charge in [-0.25, -0.2) is 4.79 Å². The Morgan fingerprint density at radius 3 is 2.52 bits per heavy atom. The molecule has 0 radical (unpaired) electrons. The maximum atomic E-state index is 12.1. The topological polar surface area (TPSA) is 72.6 Å². The number of esters is 1. The molecular weight excluding hydrogens is 336 g/mol. The van der Waals surface area contributed by atoms with Gasteiger partial charge in [0.2, 0.25) is 0 Å². The van der Waals surface area contributed by atoms with E-state index in [1.54, 1.807) is 23.1 Å². The van der Waals surface area contributed by atoms with Gasteiger partial charge >= 0.3 is 5.97 Å². The molecule has 6 heteroatoms. The van der Waals surface area contributed by atoms with Crippen molar-refractivity contribution < 1.29 is 14.3 Å². The maximum absolute atomic E-state index is 12.1. The zero-order valence-electron chi connectivity index (χ0n) is 11.8. The van der Waals surface area contributed by atoms with Crippen molar-refractivity contribution >= 4 is 33.5 Å². The summed E-state index contributed by atoms with van der Waals surface area (Å²) in [6.07, 6.45) is 4.33. The van der Waals surface area contributed by atoms with Crippen LogP contribution in [0.5, 0.6) is 0 Å². The van der Waals surface area contributed by atoms with Gasteiger partial charge in [-0.15, -0.1) is 0 Å². The zero-order valence-corrected chi connectivity index (χ0v) is 13.4. The number of hydrogen-bond acceptors (Lipinski definition) is 4. The number of benzene rings is 1. The van der Waals surface area contributed by atoms with E-state index in [-0.39, 0.29) is 12.5 Å². The highest BCUT2D eigenvalue weighted by Gasteiger charge is 2.19. The first-order chi connectivity index (χ1) is 10.1. The molecule has 1 amide bonds. The van der Waals surface area contributed by atoms with Crippen LogP contribution in [-0.2, 0) is 9.53 Å². The number of anilines is 1. The minimum absolute atomic E-state index is 0.134. The van der Waals surface area contributed by atoms with Gasteiger partial charge < -0.3 is 15.4 Å². The molecule has 1 aromatic carbocycles. The van der Waals surface area contributed by atoms with Crippen molar-refractivity contribution in [3.8, 4) is 0 Å². The lowest BCUT2D eigenvalue weighted by atomic mass is 10.2. The van der Waals surface area contributed by atoms with Crippen LogP contribution in [0.15, 0.2) is 22.7 Å². The molecule has 0 unspecified atom stereocenters. The molecule has 21 heavy (non-hydrogen) atoms. The van der Waals surface area contributed by atoms with Gasteiger partial charge in [0, 0.05) is 18.8 Å². The summed E-state index contributed by atoms with van der Waals surface area (Å²) in [5.41, 5.74) is 6.51. The summed E-state index contributed by atoms with van der Waals surface area (Å²) in [6.45, 7) is 1.27. The third-order valence-corrected chi connectivity index (χ3v) is 4.42. The molecule has 0 aliphatic carbocycles. The van der Waals surface area contributed by atoms with E-state index in [9.17, 15) is 9.59 Å². The second-order valence-corrected chi connectivity index (χ2v) is 5.87. The number of amides is 1. The summed E-state index contributed by atoms with van der Waals surface area (Å²) >= 11 is 3.25. The SMILES string of the molecule is Nc1cccc(C(=O)OCC(=O)N2CCCCCC2)c1Br. The number of ether oxygens (including phenoxy) is 1. The molecule has 5 nitrogen and oxygen atoms in total.